The van der Waals surface area contributed by atoms with Crippen molar-refractivity contribution in [2.45, 2.75) is 64.1 Å². The molecule has 1 aromatic heterocycles. The number of fused-ring (bicyclic) bond motifs is 1. The minimum atomic E-state index is -0.955. The Kier molecular flexibility index (Phi) is 11.2. The van der Waals surface area contributed by atoms with Crippen molar-refractivity contribution in [2.24, 2.45) is 24.2 Å². The minimum Gasteiger partial charge on any atom is -0.497 e. The molecule has 34 heavy (non-hydrogen) atoms. The lowest BCUT2D eigenvalue weighted by atomic mass is 10.1. The van der Waals surface area contributed by atoms with Crippen molar-refractivity contribution in [3.05, 3.63) is 24.0 Å². The van der Waals surface area contributed by atoms with Crippen LogP contribution in [0, 0.1) is 0 Å². The third-order valence-electron chi connectivity index (χ3n) is 5.43. The summed E-state index contributed by atoms with van der Waals surface area (Å²) in [5.74, 6) is 0.595. The number of nitrogens with zero attached hydrogens (tertiary/aromatic N) is 3. The number of carboxylic acid groups (broad SMARTS) is 2. The molecule has 2 aromatic rings. The monoisotopic (exact) mass is 480 g/mol. The van der Waals surface area contributed by atoms with E-state index in [1.165, 1.54) is 4.90 Å². The molecular weight excluding hydrogens is 440 g/mol. The number of aryl methyl sites for hydroxylation is 1. The van der Waals surface area contributed by atoms with Crippen LogP contribution in [0.1, 0.15) is 58.3 Å². The molecule has 192 valence electrons. The zero-order valence-corrected chi connectivity index (χ0v) is 20.8. The molecule has 8 N–H and O–H groups in total. The first kappa shape index (κ1) is 29.1. The predicted octanol–water partition coefficient (Wildman–Crippen LogP) is 2.28. The largest absolute Gasteiger partial charge is 0.497 e. The van der Waals surface area contributed by atoms with Crippen molar-refractivity contribution in [3.63, 3.8) is 0 Å². The van der Waals surface area contributed by atoms with Gasteiger partial charge in [0.1, 0.15) is 17.6 Å². The first-order valence-electron chi connectivity index (χ1n) is 11.3. The predicted molar refractivity (Wildman–Crippen MR) is 132 cm³/mol. The molecule has 0 fully saturated rings. The molecule has 1 amide bonds. The van der Waals surface area contributed by atoms with Gasteiger partial charge in [0, 0.05) is 25.2 Å². The molecule has 0 aliphatic heterocycles. The normalized spacial score (nSPS) is 13.1. The van der Waals surface area contributed by atoms with E-state index in [0.717, 1.165) is 22.6 Å². The Labute approximate surface area is 200 Å². The summed E-state index contributed by atoms with van der Waals surface area (Å²) in [6, 6.07) is 4.75. The average Bonchev–Trinajstić information content (AvgIpc) is 3.09. The summed E-state index contributed by atoms with van der Waals surface area (Å²) in [5, 5.41) is 17.6. The number of carboxylic acids is 1. The Morgan fingerprint density at radius 3 is 2.32 bits per heavy atom. The second-order valence-corrected chi connectivity index (χ2v) is 9.11. The first-order chi connectivity index (χ1) is 15.8. The molecule has 2 unspecified atom stereocenters. The number of benzene rings is 1. The molecule has 0 radical (unpaired) electrons. The van der Waals surface area contributed by atoms with Crippen LogP contribution in [0.5, 0.6) is 5.75 Å². The summed E-state index contributed by atoms with van der Waals surface area (Å²) >= 11 is 0. The van der Waals surface area contributed by atoms with Crippen molar-refractivity contribution in [3.8, 4) is 5.75 Å². The lowest BCUT2D eigenvalue weighted by Crippen LogP contribution is -2.45. The van der Waals surface area contributed by atoms with Crippen molar-refractivity contribution in [2.75, 3.05) is 20.2 Å². The molecular formula is C23H40N6O5. The van der Waals surface area contributed by atoms with E-state index in [1.54, 1.807) is 7.11 Å². The summed E-state index contributed by atoms with van der Waals surface area (Å²) in [5.41, 5.74) is 18.0. The number of rotatable bonds is 10. The van der Waals surface area contributed by atoms with Crippen molar-refractivity contribution >= 4 is 23.1 Å². The highest BCUT2D eigenvalue weighted by Gasteiger charge is 2.26. The van der Waals surface area contributed by atoms with Crippen LogP contribution in [0.2, 0.25) is 0 Å². The summed E-state index contributed by atoms with van der Waals surface area (Å²) in [6.45, 7) is 6.62. The van der Waals surface area contributed by atoms with Crippen LogP contribution in [-0.4, -0.2) is 68.5 Å². The topological polar surface area (TPSA) is 183 Å². The maximum absolute atomic E-state index is 11.4. The quantitative estimate of drug-likeness (QED) is 0.340. The second kappa shape index (κ2) is 13.1. The van der Waals surface area contributed by atoms with Crippen LogP contribution < -0.4 is 21.9 Å². The zero-order valence-electron chi connectivity index (χ0n) is 20.8. The van der Waals surface area contributed by atoms with E-state index in [4.69, 9.17) is 27.0 Å². The SMILES string of the molecule is COc1ccc2c(c1)nc(C(N)CCCN(C(=O)O)C(C)(C)C)n2C.NCCCC(N)C(=O)O. The van der Waals surface area contributed by atoms with E-state index >= 15 is 0 Å². The van der Waals surface area contributed by atoms with Gasteiger partial charge in [-0.25, -0.2) is 9.78 Å². The highest BCUT2D eigenvalue weighted by atomic mass is 16.5. The molecule has 0 bridgehead atoms. The van der Waals surface area contributed by atoms with Crippen LogP contribution in [0.15, 0.2) is 18.2 Å². The number of ether oxygens (including phenoxy) is 1. The van der Waals surface area contributed by atoms with E-state index in [0.29, 0.717) is 38.8 Å². The van der Waals surface area contributed by atoms with E-state index in [9.17, 15) is 14.7 Å². The molecule has 0 aliphatic carbocycles. The third-order valence-corrected chi connectivity index (χ3v) is 5.43. The van der Waals surface area contributed by atoms with Crippen molar-refractivity contribution in [1.82, 2.24) is 14.5 Å². The van der Waals surface area contributed by atoms with Gasteiger partial charge < -0.3 is 41.6 Å². The summed E-state index contributed by atoms with van der Waals surface area (Å²) in [7, 11) is 3.57. The highest BCUT2D eigenvalue weighted by molar-refractivity contribution is 5.77. The van der Waals surface area contributed by atoms with Crippen molar-refractivity contribution < 1.29 is 24.5 Å². The summed E-state index contributed by atoms with van der Waals surface area (Å²) < 4.78 is 7.22. The molecule has 11 nitrogen and oxygen atoms in total. The fourth-order valence-electron chi connectivity index (χ4n) is 3.43. The second-order valence-electron chi connectivity index (χ2n) is 9.11. The van der Waals surface area contributed by atoms with Crippen LogP contribution in [0.4, 0.5) is 4.79 Å². The van der Waals surface area contributed by atoms with Crippen LogP contribution in [0.3, 0.4) is 0 Å². The summed E-state index contributed by atoms with van der Waals surface area (Å²) in [6.07, 6.45) is 1.57. The maximum Gasteiger partial charge on any atom is 0.407 e. The van der Waals surface area contributed by atoms with E-state index < -0.39 is 23.6 Å². The maximum atomic E-state index is 11.4. The average molecular weight is 481 g/mol. The number of nitrogens with two attached hydrogens (primary N) is 3. The van der Waals surface area contributed by atoms with Crippen LogP contribution in [0.25, 0.3) is 11.0 Å². The number of aliphatic carboxylic acids is 1. The number of imidazole rings is 1. The molecule has 1 aromatic carbocycles. The summed E-state index contributed by atoms with van der Waals surface area (Å²) in [4.78, 5) is 27.5. The zero-order chi connectivity index (χ0) is 26.1. The molecule has 2 atom stereocenters. The molecule has 0 saturated carbocycles. The number of hydrogen-bond acceptors (Lipinski definition) is 7. The Bertz CT molecular complexity index is 940. The van der Waals surface area contributed by atoms with Gasteiger partial charge >= 0.3 is 12.1 Å². The van der Waals surface area contributed by atoms with Gasteiger partial charge in [0.05, 0.1) is 24.2 Å². The van der Waals surface area contributed by atoms with Gasteiger partial charge in [-0.1, -0.05) is 0 Å². The van der Waals surface area contributed by atoms with Gasteiger partial charge in [0.2, 0.25) is 0 Å². The standard InChI is InChI=1S/C18H28N4O3.C5H12N2O2/c1-18(2,3)22(17(23)24)10-6-7-13(19)16-20-14-11-12(25-5)8-9-15(14)21(16)4;6-3-1-2-4(7)5(8)9/h8-9,11,13H,6-7,10,19H2,1-5H3,(H,23,24);4H,1-3,6-7H2,(H,8,9). The van der Waals surface area contributed by atoms with Gasteiger partial charge in [0.25, 0.3) is 0 Å². The molecule has 0 saturated heterocycles. The first-order valence-corrected chi connectivity index (χ1v) is 11.3. The highest BCUT2D eigenvalue weighted by Crippen LogP contribution is 2.25. The fraction of sp³-hybridized carbons (Fsp3) is 0.609. The minimum absolute atomic E-state index is 0.251. The van der Waals surface area contributed by atoms with Gasteiger partial charge in [-0.3, -0.25) is 4.79 Å². The van der Waals surface area contributed by atoms with Crippen LogP contribution in [-0.2, 0) is 11.8 Å². The Balaban J connectivity index is 0.000000546. The number of hydrogen-bond donors (Lipinski definition) is 5. The lowest BCUT2D eigenvalue weighted by molar-refractivity contribution is -0.138. The Morgan fingerprint density at radius 1 is 1.18 bits per heavy atom. The molecule has 0 spiro atoms. The van der Waals surface area contributed by atoms with Gasteiger partial charge in [-0.05, 0) is 65.1 Å². The van der Waals surface area contributed by atoms with Crippen LogP contribution >= 0.6 is 0 Å². The molecule has 2 rings (SSSR count). The van der Waals surface area contributed by atoms with Crippen molar-refractivity contribution in [1.29, 1.82) is 0 Å². The van der Waals surface area contributed by atoms with E-state index in [2.05, 4.69) is 4.98 Å². The Hall–Kier alpha value is -2.89. The third kappa shape index (κ3) is 8.47. The van der Waals surface area contributed by atoms with Gasteiger partial charge in [-0.15, -0.1) is 0 Å². The van der Waals surface area contributed by atoms with Gasteiger partial charge in [0.15, 0.2) is 0 Å². The fourth-order valence-corrected chi connectivity index (χ4v) is 3.43. The van der Waals surface area contributed by atoms with Gasteiger partial charge in [-0.2, -0.15) is 0 Å². The number of aromatic nitrogens is 2. The lowest BCUT2D eigenvalue weighted by Gasteiger charge is -2.33. The molecule has 1 heterocycles. The van der Waals surface area contributed by atoms with E-state index in [1.807, 2.05) is 50.6 Å². The molecule has 0 aliphatic rings. The smallest absolute Gasteiger partial charge is 0.407 e. The van der Waals surface area contributed by atoms with E-state index in [-0.39, 0.29) is 6.04 Å². The number of carbonyl (C=O) groups is 2. The molecule has 11 heteroatoms. The number of methoxy groups -OCH3 is 1. The number of amides is 1. The Morgan fingerprint density at radius 2 is 1.82 bits per heavy atom.